The van der Waals surface area contributed by atoms with Crippen LogP contribution in [0, 0.1) is 0 Å². The van der Waals surface area contributed by atoms with Gasteiger partial charge in [0.2, 0.25) is 0 Å². The lowest BCUT2D eigenvalue weighted by molar-refractivity contribution is 0.102. The lowest BCUT2D eigenvalue weighted by Crippen LogP contribution is -2.02. The van der Waals surface area contributed by atoms with Gasteiger partial charge in [0.1, 0.15) is 0 Å². The number of hydrogen-bond acceptors (Lipinski definition) is 6. The van der Waals surface area contributed by atoms with Gasteiger partial charge in [0, 0.05) is 5.56 Å². The van der Waals surface area contributed by atoms with E-state index in [0.29, 0.717) is 11.7 Å². The number of nitrogens with zero attached hydrogens (tertiary/aromatic N) is 2. The highest BCUT2D eigenvalue weighted by Crippen LogP contribution is 2.27. The van der Waals surface area contributed by atoms with Crippen molar-refractivity contribution in [2.75, 3.05) is 12.0 Å². The largest absolute Gasteiger partial charge is 0.293 e. The van der Waals surface area contributed by atoms with Crippen LogP contribution in [0.3, 0.4) is 0 Å². The lowest BCUT2D eigenvalue weighted by Gasteiger charge is -2.05. The molecule has 106 valence electrons. The van der Waals surface area contributed by atoms with Crippen LogP contribution in [0.15, 0.2) is 32.9 Å². The molecule has 0 radical (unpaired) electrons. The second-order valence-corrected chi connectivity index (χ2v) is 7.78. The number of ketones is 1. The fourth-order valence-electron chi connectivity index (χ4n) is 1.60. The number of carbonyl (C=O) groups excluding carboxylic acids is 1. The normalized spacial score (nSPS) is 11.0. The molecule has 3 nitrogen and oxygen atoms in total. The van der Waals surface area contributed by atoms with E-state index in [9.17, 15) is 4.79 Å². The maximum atomic E-state index is 12.1. The first-order chi connectivity index (χ1) is 9.60. The average molecular weight is 324 g/mol. The van der Waals surface area contributed by atoms with Crippen molar-refractivity contribution in [1.82, 2.24) is 10.2 Å². The molecule has 2 rings (SSSR count). The molecule has 0 saturated carbocycles. The molecule has 20 heavy (non-hydrogen) atoms. The van der Waals surface area contributed by atoms with Crippen molar-refractivity contribution in [3.63, 3.8) is 0 Å². The maximum Gasteiger partial charge on any atom is 0.175 e. The molecule has 0 fully saturated rings. The Kier molecular flexibility index (Phi) is 5.63. The van der Waals surface area contributed by atoms with Crippen molar-refractivity contribution in [2.45, 2.75) is 28.4 Å². The van der Waals surface area contributed by atoms with Crippen LogP contribution in [0.25, 0.3) is 0 Å². The van der Waals surface area contributed by atoms with Crippen LogP contribution in [0.1, 0.15) is 35.7 Å². The SMILES string of the molecule is CSc1nnc(SCC(=O)c2ccc(C(C)C)cc2)s1. The number of benzene rings is 1. The summed E-state index contributed by atoms with van der Waals surface area (Å²) in [4.78, 5) is 12.1. The van der Waals surface area contributed by atoms with Gasteiger partial charge in [0.25, 0.3) is 0 Å². The summed E-state index contributed by atoms with van der Waals surface area (Å²) in [5, 5.41) is 8.06. The molecular weight excluding hydrogens is 308 g/mol. The monoisotopic (exact) mass is 324 g/mol. The van der Waals surface area contributed by atoms with Crippen molar-refractivity contribution in [3.8, 4) is 0 Å². The number of hydrogen-bond donors (Lipinski definition) is 0. The molecule has 6 heteroatoms. The highest BCUT2D eigenvalue weighted by molar-refractivity contribution is 8.03. The summed E-state index contributed by atoms with van der Waals surface area (Å²) >= 11 is 4.55. The van der Waals surface area contributed by atoms with Crippen LogP contribution < -0.4 is 0 Å². The molecule has 0 atom stereocenters. The van der Waals surface area contributed by atoms with Gasteiger partial charge in [-0.1, -0.05) is 73.0 Å². The molecule has 1 heterocycles. The topological polar surface area (TPSA) is 42.9 Å². The Morgan fingerprint density at radius 1 is 1.20 bits per heavy atom. The standard InChI is InChI=1S/C14H16N2OS3/c1-9(2)10-4-6-11(7-5-10)12(17)8-19-14-16-15-13(18-3)20-14/h4-7,9H,8H2,1-3H3. The third kappa shape index (κ3) is 4.07. The van der Waals surface area contributed by atoms with E-state index >= 15 is 0 Å². The Morgan fingerprint density at radius 3 is 2.40 bits per heavy atom. The summed E-state index contributed by atoms with van der Waals surface area (Å²) in [6.45, 7) is 4.29. The molecule has 0 amide bonds. The number of Topliss-reactive ketones (excluding diaryl/α,β-unsaturated/α-hetero) is 1. The molecule has 0 aliphatic rings. The van der Waals surface area contributed by atoms with E-state index in [-0.39, 0.29) is 5.78 Å². The van der Waals surface area contributed by atoms with Crippen molar-refractivity contribution >= 4 is 40.6 Å². The fourth-order valence-corrected chi connectivity index (χ4v) is 3.94. The molecule has 0 unspecified atom stereocenters. The minimum Gasteiger partial charge on any atom is -0.293 e. The van der Waals surface area contributed by atoms with Crippen LogP contribution in [0.4, 0.5) is 0 Å². The fraction of sp³-hybridized carbons (Fsp3) is 0.357. The van der Waals surface area contributed by atoms with Crippen LogP contribution in [0.2, 0.25) is 0 Å². The van der Waals surface area contributed by atoms with Gasteiger partial charge in [-0.2, -0.15) is 0 Å². The van der Waals surface area contributed by atoms with Crippen LogP contribution in [0.5, 0.6) is 0 Å². The van der Waals surface area contributed by atoms with E-state index in [1.54, 1.807) is 11.8 Å². The predicted molar refractivity (Wildman–Crippen MR) is 87.3 cm³/mol. The molecule has 2 aromatic rings. The second-order valence-electron chi connectivity index (χ2n) is 4.53. The molecule has 0 bridgehead atoms. The van der Waals surface area contributed by atoms with Gasteiger partial charge in [0.15, 0.2) is 14.5 Å². The van der Waals surface area contributed by atoms with Gasteiger partial charge < -0.3 is 0 Å². The molecule has 0 spiro atoms. The molecule has 1 aromatic carbocycles. The van der Waals surface area contributed by atoms with Gasteiger partial charge >= 0.3 is 0 Å². The first-order valence-corrected chi connectivity index (χ1v) is 9.26. The quantitative estimate of drug-likeness (QED) is 0.583. The predicted octanol–water partition coefficient (Wildman–Crippen LogP) is 4.36. The zero-order valence-electron chi connectivity index (χ0n) is 11.6. The maximum absolute atomic E-state index is 12.1. The third-order valence-corrected chi connectivity index (χ3v) is 5.82. The van der Waals surface area contributed by atoms with Crippen LogP contribution >= 0.6 is 34.9 Å². The van der Waals surface area contributed by atoms with Crippen LogP contribution in [-0.2, 0) is 0 Å². The smallest absolute Gasteiger partial charge is 0.175 e. The second kappa shape index (κ2) is 7.24. The zero-order chi connectivity index (χ0) is 14.5. The Balaban J connectivity index is 1.94. The number of carbonyl (C=O) groups is 1. The molecule has 0 N–H and O–H groups in total. The number of aromatic nitrogens is 2. The molecule has 1 aromatic heterocycles. The van der Waals surface area contributed by atoms with Crippen molar-refractivity contribution in [2.24, 2.45) is 0 Å². The first kappa shape index (κ1) is 15.5. The molecule has 0 aliphatic heterocycles. The van der Waals surface area contributed by atoms with E-state index in [1.807, 2.05) is 30.5 Å². The highest BCUT2D eigenvalue weighted by atomic mass is 32.2. The zero-order valence-corrected chi connectivity index (χ0v) is 14.1. The van der Waals surface area contributed by atoms with E-state index in [0.717, 1.165) is 14.2 Å². The van der Waals surface area contributed by atoms with Gasteiger partial charge in [-0.25, -0.2) is 0 Å². The van der Waals surface area contributed by atoms with Gasteiger partial charge in [-0.15, -0.1) is 10.2 Å². The summed E-state index contributed by atoms with van der Waals surface area (Å²) in [6, 6.07) is 7.87. The Bertz CT molecular complexity index is 578. The van der Waals surface area contributed by atoms with Gasteiger partial charge in [0.05, 0.1) is 5.75 Å². The van der Waals surface area contributed by atoms with Crippen molar-refractivity contribution < 1.29 is 4.79 Å². The third-order valence-electron chi connectivity index (χ3n) is 2.79. The van der Waals surface area contributed by atoms with Crippen LogP contribution in [-0.4, -0.2) is 28.0 Å². The summed E-state index contributed by atoms with van der Waals surface area (Å²) in [5.41, 5.74) is 2.01. The Labute approximate surface area is 131 Å². The van der Waals surface area contributed by atoms with Gasteiger partial charge in [-0.05, 0) is 17.7 Å². The first-order valence-electron chi connectivity index (χ1n) is 6.23. The minimum atomic E-state index is 0.131. The Hall–Kier alpha value is -0.850. The molecule has 0 aliphatic carbocycles. The summed E-state index contributed by atoms with van der Waals surface area (Å²) in [7, 11) is 0. The summed E-state index contributed by atoms with van der Waals surface area (Å²) in [5.74, 6) is 1.02. The van der Waals surface area contributed by atoms with E-state index in [1.165, 1.54) is 28.7 Å². The van der Waals surface area contributed by atoms with Crippen molar-refractivity contribution in [1.29, 1.82) is 0 Å². The number of thioether (sulfide) groups is 2. The highest BCUT2D eigenvalue weighted by Gasteiger charge is 2.10. The van der Waals surface area contributed by atoms with E-state index < -0.39 is 0 Å². The van der Waals surface area contributed by atoms with Gasteiger partial charge in [-0.3, -0.25) is 4.79 Å². The molecular formula is C14H16N2OS3. The average Bonchev–Trinajstić information content (AvgIpc) is 2.93. The Morgan fingerprint density at radius 2 is 1.85 bits per heavy atom. The summed E-state index contributed by atoms with van der Waals surface area (Å²) in [6.07, 6.45) is 1.97. The van der Waals surface area contributed by atoms with Crippen molar-refractivity contribution in [3.05, 3.63) is 35.4 Å². The van der Waals surface area contributed by atoms with E-state index in [4.69, 9.17) is 0 Å². The van der Waals surface area contributed by atoms with E-state index in [2.05, 4.69) is 24.0 Å². The molecule has 0 saturated heterocycles. The lowest BCUT2D eigenvalue weighted by atomic mass is 10.0. The minimum absolute atomic E-state index is 0.131. The number of rotatable bonds is 6. The summed E-state index contributed by atoms with van der Waals surface area (Å²) < 4.78 is 1.78.